The molecule has 0 radical (unpaired) electrons. The van der Waals surface area contributed by atoms with Crippen LogP contribution in [-0.2, 0) is 9.53 Å². The van der Waals surface area contributed by atoms with Crippen LogP contribution < -0.4 is 4.74 Å². The fourth-order valence-electron chi connectivity index (χ4n) is 2.27. The number of carbonyl (C=O) groups is 1. The van der Waals surface area contributed by atoms with Crippen molar-refractivity contribution in [3.8, 4) is 5.75 Å². The van der Waals surface area contributed by atoms with Gasteiger partial charge >= 0.3 is 5.97 Å². The monoisotopic (exact) mass is 271 g/mol. The Balaban J connectivity index is 1.82. The van der Waals surface area contributed by atoms with E-state index < -0.39 is 0 Å². The smallest absolute Gasteiger partial charge is 0.363 e. The zero-order valence-corrected chi connectivity index (χ0v) is 11.5. The first-order chi connectivity index (χ1) is 9.76. The first kappa shape index (κ1) is 12.9. The van der Waals surface area contributed by atoms with Gasteiger partial charge < -0.3 is 9.47 Å². The summed E-state index contributed by atoms with van der Waals surface area (Å²) in [5.41, 5.74) is 1.27. The molecule has 0 spiro atoms. The maximum atomic E-state index is 11.8. The number of benzene rings is 1. The maximum Gasteiger partial charge on any atom is 0.363 e. The zero-order chi connectivity index (χ0) is 13.9. The number of ether oxygens (including phenoxy) is 2. The molecule has 0 amide bonds. The molecule has 1 saturated carbocycles. The van der Waals surface area contributed by atoms with Gasteiger partial charge in [-0.25, -0.2) is 9.79 Å². The molecule has 1 aromatic rings. The SMILES string of the molecule is CCOc1cccc(/C=C2/N=C(C3CCC3)OC2=O)c1. The average Bonchev–Trinajstić information content (AvgIpc) is 2.69. The van der Waals surface area contributed by atoms with Crippen LogP contribution in [-0.4, -0.2) is 18.5 Å². The normalized spacial score (nSPS) is 20.6. The number of rotatable bonds is 4. The minimum atomic E-state index is -0.353. The third kappa shape index (κ3) is 2.59. The zero-order valence-electron chi connectivity index (χ0n) is 11.5. The molecule has 3 rings (SSSR count). The lowest BCUT2D eigenvalue weighted by molar-refractivity contribution is -0.130. The van der Waals surface area contributed by atoms with Gasteiger partial charge in [-0.2, -0.15) is 0 Å². The lowest BCUT2D eigenvalue weighted by Crippen LogP contribution is -2.22. The molecular weight excluding hydrogens is 254 g/mol. The minimum absolute atomic E-state index is 0.333. The van der Waals surface area contributed by atoms with Crippen molar-refractivity contribution in [3.63, 3.8) is 0 Å². The molecular formula is C16H17NO3. The molecule has 2 aliphatic rings. The first-order valence-corrected chi connectivity index (χ1v) is 7.01. The number of nitrogens with zero attached hydrogens (tertiary/aromatic N) is 1. The summed E-state index contributed by atoms with van der Waals surface area (Å²) in [6.45, 7) is 2.56. The van der Waals surface area contributed by atoms with E-state index in [4.69, 9.17) is 9.47 Å². The Morgan fingerprint density at radius 2 is 2.30 bits per heavy atom. The van der Waals surface area contributed by atoms with E-state index in [1.165, 1.54) is 6.42 Å². The highest BCUT2D eigenvalue weighted by atomic mass is 16.6. The fraction of sp³-hybridized carbons (Fsp3) is 0.375. The van der Waals surface area contributed by atoms with Gasteiger partial charge in [-0.3, -0.25) is 0 Å². The summed E-state index contributed by atoms with van der Waals surface area (Å²) in [6, 6.07) is 7.59. The number of cyclic esters (lactones) is 1. The van der Waals surface area contributed by atoms with E-state index in [1.807, 2.05) is 31.2 Å². The number of carbonyl (C=O) groups excluding carboxylic acids is 1. The van der Waals surface area contributed by atoms with Crippen molar-refractivity contribution in [2.24, 2.45) is 10.9 Å². The van der Waals surface area contributed by atoms with E-state index >= 15 is 0 Å². The molecule has 20 heavy (non-hydrogen) atoms. The number of aliphatic imine (C=N–C) groups is 1. The van der Waals surface area contributed by atoms with Crippen molar-refractivity contribution in [1.82, 2.24) is 0 Å². The van der Waals surface area contributed by atoms with Crippen molar-refractivity contribution >= 4 is 17.9 Å². The molecule has 1 aliphatic carbocycles. The van der Waals surface area contributed by atoms with Gasteiger partial charge in [-0.1, -0.05) is 18.6 Å². The van der Waals surface area contributed by atoms with Crippen molar-refractivity contribution in [2.75, 3.05) is 6.61 Å². The molecule has 0 saturated heterocycles. The highest BCUT2D eigenvalue weighted by molar-refractivity contribution is 6.07. The van der Waals surface area contributed by atoms with Gasteiger partial charge in [0.05, 0.1) is 6.61 Å². The van der Waals surface area contributed by atoms with E-state index in [2.05, 4.69) is 4.99 Å². The van der Waals surface area contributed by atoms with E-state index in [0.29, 0.717) is 24.1 Å². The molecule has 1 aromatic carbocycles. The van der Waals surface area contributed by atoms with Crippen LogP contribution in [0.3, 0.4) is 0 Å². The molecule has 4 nitrogen and oxygen atoms in total. The molecule has 0 atom stereocenters. The second-order valence-corrected chi connectivity index (χ2v) is 5.00. The third-order valence-corrected chi connectivity index (χ3v) is 3.56. The number of hydrogen-bond donors (Lipinski definition) is 0. The van der Waals surface area contributed by atoms with Crippen LogP contribution in [0.4, 0.5) is 0 Å². The Hall–Kier alpha value is -2.10. The molecule has 4 heteroatoms. The molecule has 1 fully saturated rings. The standard InChI is InChI=1S/C16H17NO3/c1-2-19-13-8-3-5-11(9-13)10-14-16(18)20-15(17-14)12-6-4-7-12/h3,5,8-10,12H,2,4,6-7H2,1H3/b14-10+. The Bertz CT molecular complexity index is 585. The summed E-state index contributed by atoms with van der Waals surface area (Å²) in [7, 11) is 0. The van der Waals surface area contributed by atoms with Crippen LogP contribution in [0.25, 0.3) is 6.08 Å². The molecule has 0 aromatic heterocycles. The van der Waals surface area contributed by atoms with Gasteiger partial charge in [0.2, 0.25) is 5.90 Å². The Labute approximate surface area is 118 Å². The lowest BCUT2D eigenvalue weighted by atomic mass is 9.85. The predicted molar refractivity (Wildman–Crippen MR) is 76.5 cm³/mol. The van der Waals surface area contributed by atoms with E-state index in [-0.39, 0.29) is 5.97 Å². The maximum absolute atomic E-state index is 11.8. The molecule has 0 bridgehead atoms. The van der Waals surface area contributed by atoms with Crippen LogP contribution in [0.2, 0.25) is 0 Å². The van der Waals surface area contributed by atoms with Crippen molar-refractivity contribution in [2.45, 2.75) is 26.2 Å². The molecule has 104 valence electrons. The lowest BCUT2D eigenvalue weighted by Gasteiger charge is -2.23. The molecule has 0 unspecified atom stereocenters. The van der Waals surface area contributed by atoms with Crippen LogP contribution in [0.1, 0.15) is 31.7 Å². The van der Waals surface area contributed by atoms with Crippen molar-refractivity contribution in [1.29, 1.82) is 0 Å². The average molecular weight is 271 g/mol. The molecule has 1 heterocycles. The van der Waals surface area contributed by atoms with Gasteiger partial charge in [0, 0.05) is 5.92 Å². The summed E-state index contributed by atoms with van der Waals surface area (Å²) in [5.74, 6) is 1.36. The Kier molecular flexibility index (Phi) is 3.54. The second kappa shape index (κ2) is 5.49. The Morgan fingerprint density at radius 1 is 1.45 bits per heavy atom. The largest absolute Gasteiger partial charge is 0.494 e. The van der Waals surface area contributed by atoms with Gasteiger partial charge in [0.1, 0.15) is 5.75 Å². The molecule has 0 N–H and O–H groups in total. The van der Waals surface area contributed by atoms with Crippen molar-refractivity contribution in [3.05, 3.63) is 35.5 Å². The summed E-state index contributed by atoms with van der Waals surface area (Å²) < 4.78 is 10.7. The van der Waals surface area contributed by atoms with Gasteiger partial charge in [0.15, 0.2) is 5.70 Å². The van der Waals surface area contributed by atoms with E-state index in [9.17, 15) is 4.79 Å². The predicted octanol–water partition coefficient (Wildman–Crippen LogP) is 3.18. The van der Waals surface area contributed by atoms with Crippen LogP contribution in [0.5, 0.6) is 5.75 Å². The topological polar surface area (TPSA) is 47.9 Å². The molecule has 1 aliphatic heterocycles. The minimum Gasteiger partial charge on any atom is -0.494 e. The van der Waals surface area contributed by atoms with Gasteiger partial charge in [0.25, 0.3) is 0 Å². The van der Waals surface area contributed by atoms with Crippen LogP contribution in [0, 0.1) is 5.92 Å². The highest BCUT2D eigenvalue weighted by Gasteiger charge is 2.32. The van der Waals surface area contributed by atoms with Gasteiger partial charge in [-0.15, -0.1) is 0 Å². The fourth-order valence-corrected chi connectivity index (χ4v) is 2.27. The van der Waals surface area contributed by atoms with E-state index in [1.54, 1.807) is 6.08 Å². The number of esters is 1. The van der Waals surface area contributed by atoms with E-state index in [0.717, 1.165) is 24.2 Å². The number of hydrogen-bond acceptors (Lipinski definition) is 4. The third-order valence-electron chi connectivity index (χ3n) is 3.56. The van der Waals surface area contributed by atoms with Gasteiger partial charge in [-0.05, 0) is 43.5 Å². The Morgan fingerprint density at radius 3 is 3.00 bits per heavy atom. The summed E-state index contributed by atoms with van der Waals surface area (Å²) in [5, 5.41) is 0. The highest BCUT2D eigenvalue weighted by Crippen LogP contribution is 2.32. The van der Waals surface area contributed by atoms with Crippen LogP contribution >= 0.6 is 0 Å². The quantitative estimate of drug-likeness (QED) is 0.624. The first-order valence-electron chi connectivity index (χ1n) is 7.01. The second-order valence-electron chi connectivity index (χ2n) is 5.00. The van der Waals surface area contributed by atoms with Crippen LogP contribution in [0.15, 0.2) is 35.0 Å². The summed E-state index contributed by atoms with van der Waals surface area (Å²) in [4.78, 5) is 16.1. The summed E-state index contributed by atoms with van der Waals surface area (Å²) >= 11 is 0. The summed E-state index contributed by atoms with van der Waals surface area (Å²) in [6.07, 6.45) is 5.08. The van der Waals surface area contributed by atoms with Crippen molar-refractivity contribution < 1.29 is 14.3 Å².